The molecule has 0 aromatic rings. The number of rotatable bonds is 5. The Hall–Kier alpha value is -0.0800. The van der Waals surface area contributed by atoms with Crippen LogP contribution >= 0.6 is 0 Å². The van der Waals surface area contributed by atoms with Crippen LogP contribution in [0.5, 0.6) is 0 Å². The minimum absolute atomic E-state index is 0.622. The van der Waals surface area contributed by atoms with Gasteiger partial charge in [-0.1, -0.05) is 33.6 Å². The van der Waals surface area contributed by atoms with Crippen molar-refractivity contribution in [3.05, 3.63) is 0 Å². The van der Waals surface area contributed by atoms with E-state index < -0.39 is 0 Å². The molecule has 2 N–H and O–H groups in total. The molecule has 1 aliphatic heterocycles. The molecule has 1 fully saturated rings. The van der Waals surface area contributed by atoms with Crippen LogP contribution in [0.15, 0.2) is 0 Å². The molecule has 2 nitrogen and oxygen atoms in total. The van der Waals surface area contributed by atoms with Crippen LogP contribution in [-0.2, 0) is 0 Å². The molecule has 14 heavy (non-hydrogen) atoms. The van der Waals surface area contributed by atoms with Gasteiger partial charge in [0.2, 0.25) is 0 Å². The van der Waals surface area contributed by atoms with Gasteiger partial charge in [-0.3, -0.25) is 4.90 Å². The maximum Gasteiger partial charge on any atom is 0.0244 e. The maximum absolute atomic E-state index is 5.87. The van der Waals surface area contributed by atoms with Crippen molar-refractivity contribution in [2.24, 2.45) is 17.6 Å². The van der Waals surface area contributed by atoms with E-state index in [1.165, 1.54) is 32.4 Å². The monoisotopic (exact) mass is 198 g/mol. The van der Waals surface area contributed by atoms with Gasteiger partial charge in [-0.2, -0.15) is 0 Å². The zero-order valence-electron chi connectivity index (χ0n) is 10.00. The summed E-state index contributed by atoms with van der Waals surface area (Å²) in [6.07, 6.45) is 3.95. The van der Waals surface area contributed by atoms with Gasteiger partial charge in [0, 0.05) is 19.1 Å². The van der Waals surface area contributed by atoms with E-state index in [-0.39, 0.29) is 0 Å². The molecular weight excluding hydrogens is 172 g/mol. The molecule has 3 unspecified atom stereocenters. The van der Waals surface area contributed by atoms with E-state index in [4.69, 9.17) is 5.73 Å². The highest BCUT2D eigenvalue weighted by molar-refractivity contribution is 4.84. The Morgan fingerprint density at radius 1 is 1.43 bits per heavy atom. The molecule has 0 bridgehead atoms. The molecule has 1 saturated heterocycles. The molecule has 0 saturated carbocycles. The minimum atomic E-state index is 0.622. The van der Waals surface area contributed by atoms with E-state index in [9.17, 15) is 0 Å². The third-order valence-electron chi connectivity index (χ3n) is 3.91. The van der Waals surface area contributed by atoms with Gasteiger partial charge >= 0.3 is 0 Å². The first-order chi connectivity index (χ1) is 6.72. The van der Waals surface area contributed by atoms with Crippen LogP contribution in [0.3, 0.4) is 0 Å². The van der Waals surface area contributed by atoms with Crippen molar-refractivity contribution >= 4 is 0 Å². The zero-order chi connectivity index (χ0) is 10.6. The molecular formula is C12H26N2. The maximum atomic E-state index is 5.87. The van der Waals surface area contributed by atoms with Gasteiger partial charge in [-0.25, -0.2) is 0 Å². The SMILES string of the molecule is CCC1CCN(C(CN)C(C)CC)C1. The van der Waals surface area contributed by atoms with E-state index in [0.29, 0.717) is 6.04 Å². The normalized spacial score (nSPS) is 27.9. The third kappa shape index (κ3) is 2.71. The molecule has 0 spiro atoms. The first-order valence-corrected chi connectivity index (χ1v) is 6.17. The lowest BCUT2D eigenvalue weighted by molar-refractivity contribution is 0.178. The Kier molecular flexibility index (Phi) is 4.90. The third-order valence-corrected chi connectivity index (χ3v) is 3.91. The summed E-state index contributed by atoms with van der Waals surface area (Å²) in [5.74, 6) is 1.67. The van der Waals surface area contributed by atoms with Gasteiger partial charge in [-0.05, 0) is 24.8 Å². The fraction of sp³-hybridized carbons (Fsp3) is 1.00. The zero-order valence-corrected chi connectivity index (χ0v) is 10.00. The highest BCUT2D eigenvalue weighted by Gasteiger charge is 2.28. The molecule has 2 heteroatoms. The van der Waals surface area contributed by atoms with Crippen molar-refractivity contribution in [1.29, 1.82) is 0 Å². The van der Waals surface area contributed by atoms with Crippen LogP contribution in [0, 0.1) is 11.8 Å². The van der Waals surface area contributed by atoms with Gasteiger partial charge in [0.15, 0.2) is 0 Å². The average Bonchev–Trinajstić information content (AvgIpc) is 2.67. The first-order valence-electron chi connectivity index (χ1n) is 6.17. The van der Waals surface area contributed by atoms with E-state index in [1.807, 2.05) is 0 Å². The standard InChI is InChI=1S/C12H26N2/c1-4-10(3)12(8-13)14-7-6-11(5-2)9-14/h10-12H,4-9,13H2,1-3H3. The second-order valence-corrected chi connectivity index (χ2v) is 4.75. The quantitative estimate of drug-likeness (QED) is 0.733. The topological polar surface area (TPSA) is 29.3 Å². The molecule has 1 aliphatic rings. The number of nitrogens with two attached hydrogens (primary N) is 1. The van der Waals surface area contributed by atoms with Crippen LogP contribution in [-0.4, -0.2) is 30.6 Å². The highest BCUT2D eigenvalue weighted by atomic mass is 15.2. The smallest absolute Gasteiger partial charge is 0.0244 e. The summed E-state index contributed by atoms with van der Waals surface area (Å²) in [5.41, 5.74) is 5.87. The summed E-state index contributed by atoms with van der Waals surface area (Å²) < 4.78 is 0. The van der Waals surface area contributed by atoms with E-state index in [0.717, 1.165) is 18.4 Å². The summed E-state index contributed by atoms with van der Waals surface area (Å²) in [4.78, 5) is 2.61. The van der Waals surface area contributed by atoms with Crippen molar-refractivity contribution in [2.45, 2.75) is 46.1 Å². The summed E-state index contributed by atoms with van der Waals surface area (Å²) in [6.45, 7) is 10.3. The number of nitrogens with zero attached hydrogens (tertiary/aromatic N) is 1. The largest absolute Gasteiger partial charge is 0.329 e. The molecule has 0 radical (unpaired) electrons. The highest BCUT2D eigenvalue weighted by Crippen LogP contribution is 2.24. The average molecular weight is 198 g/mol. The van der Waals surface area contributed by atoms with Gasteiger partial charge in [0.1, 0.15) is 0 Å². The van der Waals surface area contributed by atoms with Gasteiger partial charge in [0.25, 0.3) is 0 Å². The lowest BCUT2D eigenvalue weighted by atomic mass is 9.98. The molecule has 3 atom stereocenters. The Bertz CT molecular complexity index is 158. The fourth-order valence-electron chi connectivity index (χ4n) is 2.51. The molecule has 0 aromatic heterocycles. The summed E-state index contributed by atoms with van der Waals surface area (Å²) in [5, 5.41) is 0. The van der Waals surface area contributed by atoms with Crippen molar-refractivity contribution < 1.29 is 0 Å². The summed E-state index contributed by atoms with van der Waals surface area (Å²) in [6, 6.07) is 0.622. The van der Waals surface area contributed by atoms with Crippen molar-refractivity contribution in [1.82, 2.24) is 4.90 Å². The minimum Gasteiger partial charge on any atom is -0.329 e. The lowest BCUT2D eigenvalue weighted by Crippen LogP contribution is -2.43. The molecule has 0 aliphatic carbocycles. The second-order valence-electron chi connectivity index (χ2n) is 4.75. The van der Waals surface area contributed by atoms with Crippen LogP contribution < -0.4 is 5.73 Å². The predicted molar refractivity (Wildman–Crippen MR) is 62.3 cm³/mol. The van der Waals surface area contributed by atoms with Crippen LogP contribution in [0.1, 0.15) is 40.0 Å². The van der Waals surface area contributed by atoms with Gasteiger partial charge in [-0.15, -0.1) is 0 Å². The number of likely N-dealkylation sites (tertiary alicyclic amines) is 1. The Balaban J connectivity index is 2.46. The van der Waals surface area contributed by atoms with Crippen molar-refractivity contribution in [3.63, 3.8) is 0 Å². The van der Waals surface area contributed by atoms with Crippen molar-refractivity contribution in [2.75, 3.05) is 19.6 Å². The molecule has 0 amide bonds. The van der Waals surface area contributed by atoms with Crippen LogP contribution in [0.4, 0.5) is 0 Å². The molecule has 1 heterocycles. The second kappa shape index (κ2) is 5.72. The van der Waals surface area contributed by atoms with Gasteiger partial charge in [0.05, 0.1) is 0 Å². The summed E-state index contributed by atoms with van der Waals surface area (Å²) in [7, 11) is 0. The van der Waals surface area contributed by atoms with E-state index >= 15 is 0 Å². The van der Waals surface area contributed by atoms with E-state index in [2.05, 4.69) is 25.7 Å². The predicted octanol–water partition coefficient (Wildman–Crippen LogP) is 2.09. The summed E-state index contributed by atoms with van der Waals surface area (Å²) >= 11 is 0. The molecule has 84 valence electrons. The fourth-order valence-corrected chi connectivity index (χ4v) is 2.51. The number of hydrogen-bond donors (Lipinski definition) is 1. The van der Waals surface area contributed by atoms with Crippen LogP contribution in [0.2, 0.25) is 0 Å². The van der Waals surface area contributed by atoms with E-state index in [1.54, 1.807) is 0 Å². The Morgan fingerprint density at radius 2 is 2.14 bits per heavy atom. The van der Waals surface area contributed by atoms with Crippen LogP contribution in [0.25, 0.3) is 0 Å². The molecule has 0 aromatic carbocycles. The van der Waals surface area contributed by atoms with Gasteiger partial charge < -0.3 is 5.73 Å². The Morgan fingerprint density at radius 3 is 2.57 bits per heavy atom. The lowest BCUT2D eigenvalue weighted by Gasteiger charge is -2.31. The Labute approximate surface area is 88.8 Å². The first kappa shape index (κ1) is 12.0. The number of hydrogen-bond acceptors (Lipinski definition) is 2. The van der Waals surface area contributed by atoms with Crippen molar-refractivity contribution in [3.8, 4) is 0 Å². The molecule has 1 rings (SSSR count).